The molecule has 1 heterocycles. The first-order chi connectivity index (χ1) is 16.4. The van der Waals surface area contributed by atoms with Crippen molar-refractivity contribution in [3.63, 3.8) is 0 Å². The van der Waals surface area contributed by atoms with Gasteiger partial charge in [-0.2, -0.15) is 0 Å². The van der Waals surface area contributed by atoms with Crippen molar-refractivity contribution in [1.82, 2.24) is 4.90 Å². The molecule has 3 fully saturated rings. The molecule has 2 saturated carbocycles. The highest BCUT2D eigenvalue weighted by molar-refractivity contribution is 5.46. The Labute approximate surface area is 213 Å². The molecule has 3 aliphatic rings. The molecule has 5 nitrogen and oxygen atoms in total. The minimum atomic E-state index is -1.17. The number of anilines is 1. The summed E-state index contributed by atoms with van der Waals surface area (Å²) in [5.74, 6) is 0.742. The first-order valence-corrected chi connectivity index (χ1v) is 14.0. The van der Waals surface area contributed by atoms with Crippen LogP contribution in [-0.2, 0) is 0 Å². The fourth-order valence-electron chi connectivity index (χ4n) is 8.14. The SMILES string of the molecule is CC1(C)CCC[C@@]2(C)[C@@H]1CC[C@@](C)(O)[C@@H]2CC[C@](C)(O)[C@H](O)CN1CCN(c2ccccc2)CC1. The van der Waals surface area contributed by atoms with Gasteiger partial charge in [0.2, 0.25) is 0 Å². The fraction of sp³-hybridized carbons (Fsp3) is 0.800. The Hall–Kier alpha value is -1.14. The summed E-state index contributed by atoms with van der Waals surface area (Å²) in [5.41, 5.74) is -0.255. The normalized spacial score (nSPS) is 36.3. The lowest BCUT2D eigenvalue weighted by Crippen LogP contribution is -2.58. The third kappa shape index (κ3) is 5.58. The van der Waals surface area contributed by atoms with Crippen LogP contribution in [0.5, 0.6) is 0 Å². The van der Waals surface area contributed by atoms with E-state index in [1.807, 2.05) is 13.0 Å². The molecular weight excluding hydrogens is 436 g/mol. The van der Waals surface area contributed by atoms with Crippen LogP contribution in [-0.4, -0.2) is 70.2 Å². The zero-order valence-corrected chi connectivity index (χ0v) is 22.8. The summed E-state index contributed by atoms with van der Waals surface area (Å²) in [6.45, 7) is 15.1. The Morgan fingerprint density at radius 1 is 1.00 bits per heavy atom. The second-order valence-electron chi connectivity index (χ2n) is 13.4. The maximum atomic E-state index is 11.5. The van der Waals surface area contributed by atoms with Gasteiger partial charge in [-0.25, -0.2) is 0 Å². The number of aliphatic hydroxyl groups is 3. The number of hydrogen-bond donors (Lipinski definition) is 3. The Balaban J connectivity index is 1.35. The molecule has 1 aromatic rings. The van der Waals surface area contributed by atoms with E-state index in [0.717, 1.165) is 51.9 Å². The maximum Gasteiger partial charge on any atom is 0.0950 e. The average Bonchev–Trinajstić information content (AvgIpc) is 2.78. The molecule has 6 atom stereocenters. The Bertz CT molecular complexity index is 831. The number of aliphatic hydroxyl groups excluding tert-OH is 1. The van der Waals surface area contributed by atoms with Gasteiger partial charge >= 0.3 is 0 Å². The summed E-state index contributed by atoms with van der Waals surface area (Å²) in [6.07, 6.45) is 6.00. The summed E-state index contributed by atoms with van der Waals surface area (Å²) < 4.78 is 0. The van der Waals surface area contributed by atoms with Crippen molar-refractivity contribution >= 4 is 5.69 Å². The molecule has 2 aliphatic carbocycles. The van der Waals surface area contributed by atoms with Crippen LogP contribution < -0.4 is 4.90 Å². The molecule has 1 aromatic carbocycles. The lowest BCUT2D eigenvalue weighted by atomic mass is 9.45. The van der Waals surface area contributed by atoms with Crippen LogP contribution in [0.2, 0.25) is 0 Å². The second kappa shape index (κ2) is 9.96. The molecule has 0 unspecified atom stereocenters. The number of para-hydroxylation sites is 1. The lowest BCUT2D eigenvalue weighted by Gasteiger charge is -2.61. The molecule has 0 bridgehead atoms. The van der Waals surface area contributed by atoms with Crippen molar-refractivity contribution in [2.45, 2.75) is 96.9 Å². The van der Waals surface area contributed by atoms with Gasteiger partial charge in [-0.3, -0.25) is 4.90 Å². The van der Waals surface area contributed by atoms with Crippen LogP contribution in [0.25, 0.3) is 0 Å². The molecule has 5 heteroatoms. The van der Waals surface area contributed by atoms with Crippen LogP contribution >= 0.6 is 0 Å². The van der Waals surface area contributed by atoms with Crippen molar-refractivity contribution in [2.75, 3.05) is 37.6 Å². The molecular formula is C30H50N2O3. The van der Waals surface area contributed by atoms with Crippen LogP contribution in [0.3, 0.4) is 0 Å². The number of rotatable bonds is 7. The van der Waals surface area contributed by atoms with Crippen LogP contribution in [0.4, 0.5) is 5.69 Å². The summed E-state index contributed by atoms with van der Waals surface area (Å²) >= 11 is 0. The van der Waals surface area contributed by atoms with E-state index in [1.54, 1.807) is 6.92 Å². The van der Waals surface area contributed by atoms with Gasteiger partial charge in [0.25, 0.3) is 0 Å². The third-order valence-corrected chi connectivity index (χ3v) is 10.3. The van der Waals surface area contributed by atoms with Crippen LogP contribution in [0.15, 0.2) is 30.3 Å². The van der Waals surface area contributed by atoms with Gasteiger partial charge in [0.05, 0.1) is 17.3 Å². The fourth-order valence-corrected chi connectivity index (χ4v) is 8.14. The van der Waals surface area contributed by atoms with Gasteiger partial charge in [-0.15, -0.1) is 0 Å². The summed E-state index contributed by atoms with van der Waals surface area (Å²) in [5, 5.41) is 33.9. The molecule has 3 N–H and O–H groups in total. The van der Waals surface area contributed by atoms with E-state index in [9.17, 15) is 15.3 Å². The molecule has 0 radical (unpaired) electrons. The van der Waals surface area contributed by atoms with E-state index >= 15 is 0 Å². The van der Waals surface area contributed by atoms with Gasteiger partial charge in [0.1, 0.15) is 0 Å². The number of fused-ring (bicyclic) bond motifs is 1. The molecule has 0 aromatic heterocycles. The molecule has 1 saturated heterocycles. The predicted molar refractivity (Wildman–Crippen MR) is 144 cm³/mol. The van der Waals surface area contributed by atoms with Crippen molar-refractivity contribution in [3.8, 4) is 0 Å². The summed E-state index contributed by atoms with van der Waals surface area (Å²) in [4.78, 5) is 4.66. The number of piperazine rings is 1. The Kier molecular flexibility index (Phi) is 7.66. The average molecular weight is 487 g/mol. The number of β-amino-alcohol motifs (C(OH)–C–C–N with tert-alkyl or cyclic N) is 1. The third-order valence-electron chi connectivity index (χ3n) is 10.3. The van der Waals surface area contributed by atoms with E-state index in [0.29, 0.717) is 24.3 Å². The van der Waals surface area contributed by atoms with Crippen LogP contribution in [0.1, 0.15) is 79.6 Å². The smallest absolute Gasteiger partial charge is 0.0950 e. The van der Waals surface area contributed by atoms with E-state index < -0.39 is 17.3 Å². The molecule has 0 spiro atoms. The molecule has 198 valence electrons. The minimum Gasteiger partial charge on any atom is -0.390 e. The maximum absolute atomic E-state index is 11.5. The van der Waals surface area contributed by atoms with Gasteiger partial charge < -0.3 is 20.2 Å². The van der Waals surface area contributed by atoms with Crippen molar-refractivity contribution in [3.05, 3.63) is 30.3 Å². The van der Waals surface area contributed by atoms with E-state index in [2.05, 4.69) is 54.8 Å². The number of hydrogen-bond acceptors (Lipinski definition) is 5. The standard InChI is InChI=1S/C30H50N2O3/c1-27(2)14-9-15-28(3)24(27)12-16-29(4,34)25(28)13-17-30(5,35)26(33)22-31-18-20-32(21-19-31)23-10-7-6-8-11-23/h6-8,10-11,24-26,33-35H,9,12-22H2,1-5H3/t24-,25-,26-,28+,29-,30+/m1/s1. The molecule has 0 amide bonds. The number of benzene rings is 1. The van der Waals surface area contributed by atoms with Gasteiger partial charge in [-0.05, 0) is 87.2 Å². The molecule has 35 heavy (non-hydrogen) atoms. The zero-order chi connectivity index (χ0) is 25.5. The van der Waals surface area contributed by atoms with Gasteiger partial charge in [0.15, 0.2) is 0 Å². The monoisotopic (exact) mass is 486 g/mol. The van der Waals surface area contributed by atoms with Crippen molar-refractivity contribution in [2.24, 2.45) is 22.7 Å². The summed E-state index contributed by atoms with van der Waals surface area (Å²) in [6, 6.07) is 10.5. The Morgan fingerprint density at radius 3 is 2.31 bits per heavy atom. The Morgan fingerprint density at radius 2 is 1.66 bits per heavy atom. The van der Waals surface area contributed by atoms with E-state index in [-0.39, 0.29) is 11.3 Å². The second-order valence-corrected chi connectivity index (χ2v) is 13.4. The number of nitrogens with zero attached hydrogens (tertiary/aromatic N) is 2. The van der Waals surface area contributed by atoms with Crippen molar-refractivity contribution in [1.29, 1.82) is 0 Å². The first kappa shape index (κ1) is 26.9. The van der Waals surface area contributed by atoms with Crippen molar-refractivity contribution < 1.29 is 15.3 Å². The lowest BCUT2D eigenvalue weighted by molar-refractivity contribution is -0.176. The predicted octanol–water partition coefficient (Wildman–Crippen LogP) is 4.69. The topological polar surface area (TPSA) is 67.2 Å². The van der Waals surface area contributed by atoms with E-state index in [1.165, 1.54) is 18.5 Å². The highest BCUT2D eigenvalue weighted by Gasteiger charge is 2.58. The van der Waals surface area contributed by atoms with E-state index in [4.69, 9.17) is 0 Å². The minimum absolute atomic E-state index is 0.0816. The van der Waals surface area contributed by atoms with Crippen LogP contribution in [0, 0.1) is 22.7 Å². The largest absolute Gasteiger partial charge is 0.390 e. The first-order valence-electron chi connectivity index (χ1n) is 14.0. The molecule has 1 aliphatic heterocycles. The zero-order valence-electron chi connectivity index (χ0n) is 22.8. The van der Waals surface area contributed by atoms with Gasteiger partial charge in [0, 0.05) is 38.4 Å². The van der Waals surface area contributed by atoms with Gasteiger partial charge in [-0.1, -0.05) is 45.4 Å². The molecule has 4 rings (SSSR count). The highest BCUT2D eigenvalue weighted by atomic mass is 16.3. The highest BCUT2D eigenvalue weighted by Crippen LogP contribution is 2.63. The summed E-state index contributed by atoms with van der Waals surface area (Å²) in [7, 11) is 0. The quantitative estimate of drug-likeness (QED) is 0.522.